The van der Waals surface area contributed by atoms with Gasteiger partial charge in [-0.2, -0.15) is 13.2 Å². The molecule has 2 aliphatic heterocycles. The molecule has 106 valence electrons. The van der Waals surface area contributed by atoms with Gasteiger partial charge in [-0.3, -0.25) is 0 Å². The monoisotopic (exact) mass is 274 g/mol. The molecule has 0 bridgehead atoms. The van der Waals surface area contributed by atoms with Crippen LogP contribution < -0.4 is 5.32 Å². The van der Waals surface area contributed by atoms with E-state index in [0.717, 1.165) is 19.5 Å². The molecule has 1 saturated heterocycles. The van der Waals surface area contributed by atoms with Crippen molar-refractivity contribution in [2.75, 3.05) is 13.1 Å². The summed E-state index contributed by atoms with van der Waals surface area (Å²) in [5.74, 6) is 0.137. The molecule has 7 heteroatoms. The van der Waals surface area contributed by atoms with Crippen LogP contribution in [0.15, 0.2) is 0 Å². The molecule has 19 heavy (non-hydrogen) atoms. The Kier molecular flexibility index (Phi) is 2.85. The Labute approximate surface area is 109 Å². The fourth-order valence-electron chi connectivity index (χ4n) is 3.05. The third-order valence-corrected chi connectivity index (χ3v) is 4.32. The van der Waals surface area contributed by atoms with E-state index in [1.807, 2.05) is 6.92 Å². The van der Waals surface area contributed by atoms with Gasteiger partial charge in [-0.1, -0.05) is 6.92 Å². The molecule has 3 heterocycles. The number of fused-ring (bicyclic) bond motifs is 1. The van der Waals surface area contributed by atoms with Gasteiger partial charge in [0.15, 0.2) is 0 Å². The maximum atomic E-state index is 12.9. The molecule has 0 spiro atoms. The SMILES string of the molecule is CC1(c2nnc3n2CC(C(F)(F)F)CC3)CCNC1. The summed E-state index contributed by atoms with van der Waals surface area (Å²) in [6.07, 6.45) is -2.76. The highest BCUT2D eigenvalue weighted by molar-refractivity contribution is 5.14. The van der Waals surface area contributed by atoms with Crippen molar-refractivity contribution in [2.24, 2.45) is 5.92 Å². The lowest BCUT2D eigenvalue weighted by molar-refractivity contribution is -0.182. The Hall–Kier alpha value is -1.11. The second kappa shape index (κ2) is 4.19. The van der Waals surface area contributed by atoms with Crippen LogP contribution in [-0.4, -0.2) is 34.0 Å². The third-order valence-electron chi connectivity index (χ3n) is 4.32. The molecule has 2 aliphatic rings. The number of rotatable bonds is 1. The summed E-state index contributed by atoms with van der Waals surface area (Å²) in [5, 5.41) is 11.5. The molecule has 3 rings (SSSR count). The maximum Gasteiger partial charge on any atom is 0.393 e. The Bertz CT molecular complexity index is 474. The highest BCUT2D eigenvalue weighted by Crippen LogP contribution is 2.37. The van der Waals surface area contributed by atoms with Gasteiger partial charge in [0.2, 0.25) is 0 Å². The molecule has 1 aromatic rings. The minimum Gasteiger partial charge on any atom is -0.316 e. The zero-order valence-corrected chi connectivity index (χ0v) is 10.8. The van der Waals surface area contributed by atoms with Crippen LogP contribution >= 0.6 is 0 Å². The van der Waals surface area contributed by atoms with Gasteiger partial charge in [-0.25, -0.2) is 0 Å². The Morgan fingerprint density at radius 1 is 1.37 bits per heavy atom. The maximum absolute atomic E-state index is 12.9. The predicted octanol–water partition coefficient (Wildman–Crippen LogP) is 1.65. The fourth-order valence-corrected chi connectivity index (χ4v) is 3.05. The molecule has 1 aromatic heterocycles. The van der Waals surface area contributed by atoms with E-state index >= 15 is 0 Å². The number of hydrogen-bond donors (Lipinski definition) is 1. The van der Waals surface area contributed by atoms with Gasteiger partial charge >= 0.3 is 6.18 Å². The second-order valence-corrected chi connectivity index (χ2v) is 5.82. The molecule has 0 radical (unpaired) electrons. The largest absolute Gasteiger partial charge is 0.393 e. The van der Waals surface area contributed by atoms with Crippen LogP contribution in [0.25, 0.3) is 0 Å². The number of aryl methyl sites for hydroxylation is 1. The van der Waals surface area contributed by atoms with Gasteiger partial charge in [-0.05, 0) is 19.4 Å². The standard InChI is InChI=1S/C12H17F3N4/c1-11(4-5-16-7-11)10-18-17-9-3-2-8(6-19(9)10)12(13,14)15/h8,16H,2-7H2,1H3. The number of aromatic nitrogens is 3. The van der Waals surface area contributed by atoms with E-state index in [-0.39, 0.29) is 18.4 Å². The lowest BCUT2D eigenvalue weighted by Gasteiger charge is -2.29. The predicted molar refractivity (Wildman–Crippen MR) is 62.7 cm³/mol. The molecular formula is C12H17F3N4. The van der Waals surface area contributed by atoms with Crippen molar-refractivity contribution < 1.29 is 13.2 Å². The van der Waals surface area contributed by atoms with E-state index in [0.29, 0.717) is 18.1 Å². The Balaban J connectivity index is 1.93. The van der Waals surface area contributed by atoms with E-state index in [1.165, 1.54) is 0 Å². The van der Waals surface area contributed by atoms with Crippen molar-refractivity contribution in [2.45, 2.75) is 44.3 Å². The molecule has 0 saturated carbocycles. The third kappa shape index (κ3) is 2.13. The van der Waals surface area contributed by atoms with Crippen molar-refractivity contribution in [1.82, 2.24) is 20.1 Å². The molecule has 2 unspecified atom stereocenters. The Morgan fingerprint density at radius 3 is 2.79 bits per heavy atom. The molecular weight excluding hydrogens is 257 g/mol. The van der Waals surface area contributed by atoms with Gasteiger partial charge in [0.05, 0.1) is 5.92 Å². The first-order valence-corrected chi connectivity index (χ1v) is 6.60. The van der Waals surface area contributed by atoms with E-state index in [1.54, 1.807) is 4.57 Å². The summed E-state index contributed by atoms with van der Waals surface area (Å²) in [7, 11) is 0. The zero-order valence-electron chi connectivity index (χ0n) is 10.8. The number of alkyl halides is 3. The number of nitrogens with one attached hydrogen (secondary N) is 1. The van der Waals surface area contributed by atoms with Gasteiger partial charge in [0.25, 0.3) is 0 Å². The molecule has 1 fully saturated rings. The van der Waals surface area contributed by atoms with Crippen LogP contribution in [-0.2, 0) is 18.4 Å². The van der Waals surface area contributed by atoms with E-state index in [2.05, 4.69) is 15.5 Å². The van der Waals surface area contributed by atoms with Crippen LogP contribution in [0.5, 0.6) is 0 Å². The number of hydrogen-bond acceptors (Lipinski definition) is 3. The quantitative estimate of drug-likeness (QED) is 0.847. The summed E-state index contributed by atoms with van der Waals surface area (Å²) in [4.78, 5) is 0. The first-order valence-electron chi connectivity index (χ1n) is 6.60. The molecule has 0 amide bonds. The van der Waals surface area contributed by atoms with Gasteiger partial charge < -0.3 is 9.88 Å². The molecule has 1 N–H and O–H groups in total. The average Bonchev–Trinajstić information content (AvgIpc) is 2.93. The summed E-state index contributed by atoms with van der Waals surface area (Å²) < 4.78 is 40.3. The molecule has 0 aromatic carbocycles. The summed E-state index contributed by atoms with van der Waals surface area (Å²) in [6.45, 7) is 3.64. The molecule has 2 atom stereocenters. The van der Waals surface area contributed by atoms with Crippen molar-refractivity contribution in [3.8, 4) is 0 Å². The molecule has 0 aliphatic carbocycles. The second-order valence-electron chi connectivity index (χ2n) is 5.82. The van der Waals surface area contributed by atoms with Crippen LogP contribution in [0.3, 0.4) is 0 Å². The summed E-state index contributed by atoms with van der Waals surface area (Å²) in [6, 6.07) is 0. The molecule has 4 nitrogen and oxygen atoms in total. The van der Waals surface area contributed by atoms with Crippen LogP contribution in [0, 0.1) is 5.92 Å². The lowest BCUT2D eigenvalue weighted by atomic mass is 9.88. The van der Waals surface area contributed by atoms with Crippen molar-refractivity contribution in [3.05, 3.63) is 11.6 Å². The minimum absolute atomic E-state index is 0.0310. The lowest BCUT2D eigenvalue weighted by Crippen LogP contribution is -2.36. The number of nitrogens with zero attached hydrogens (tertiary/aromatic N) is 3. The minimum atomic E-state index is -4.13. The fraction of sp³-hybridized carbons (Fsp3) is 0.833. The first-order chi connectivity index (χ1) is 8.90. The van der Waals surface area contributed by atoms with Crippen molar-refractivity contribution in [3.63, 3.8) is 0 Å². The van der Waals surface area contributed by atoms with Crippen LogP contribution in [0.1, 0.15) is 31.4 Å². The van der Waals surface area contributed by atoms with Crippen molar-refractivity contribution in [1.29, 1.82) is 0 Å². The van der Waals surface area contributed by atoms with Gasteiger partial charge in [-0.15, -0.1) is 10.2 Å². The van der Waals surface area contributed by atoms with E-state index in [4.69, 9.17) is 0 Å². The Morgan fingerprint density at radius 2 is 2.16 bits per heavy atom. The van der Waals surface area contributed by atoms with Crippen molar-refractivity contribution >= 4 is 0 Å². The topological polar surface area (TPSA) is 42.7 Å². The zero-order chi connectivity index (χ0) is 13.7. The highest BCUT2D eigenvalue weighted by Gasteiger charge is 2.44. The summed E-state index contributed by atoms with van der Waals surface area (Å²) in [5.41, 5.74) is -0.196. The smallest absolute Gasteiger partial charge is 0.316 e. The summed E-state index contributed by atoms with van der Waals surface area (Å²) >= 11 is 0. The van der Waals surface area contributed by atoms with E-state index in [9.17, 15) is 13.2 Å². The number of halogens is 3. The first kappa shape index (κ1) is 12.9. The normalized spacial score (nSPS) is 31.5. The van der Waals surface area contributed by atoms with Crippen LogP contribution in [0.4, 0.5) is 13.2 Å². The highest BCUT2D eigenvalue weighted by atomic mass is 19.4. The van der Waals surface area contributed by atoms with E-state index < -0.39 is 12.1 Å². The van der Waals surface area contributed by atoms with Gasteiger partial charge in [0, 0.05) is 24.9 Å². The van der Waals surface area contributed by atoms with Gasteiger partial charge in [0.1, 0.15) is 11.6 Å². The average molecular weight is 274 g/mol. The van der Waals surface area contributed by atoms with Crippen LogP contribution in [0.2, 0.25) is 0 Å².